The monoisotopic (exact) mass is 292 g/mol. The zero-order chi connectivity index (χ0) is 15.2. The SMILES string of the molecule is COC(CN(C)C1CCCN(c2ccccc2)C1=O)OC. The van der Waals surface area contributed by atoms with Crippen molar-refractivity contribution < 1.29 is 14.3 Å². The van der Waals surface area contributed by atoms with Gasteiger partial charge in [-0.1, -0.05) is 18.2 Å². The van der Waals surface area contributed by atoms with E-state index in [4.69, 9.17) is 9.47 Å². The Morgan fingerprint density at radius 3 is 2.57 bits per heavy atom. The van der Waals surface area contributed by atoms with Crippen molar-refractivity contribution in [3.63, 3.8) is 0 Å². The Bertz CT molecular complexity index is 448. The summed E-state index contributed by atoms with van der Waals surface area (Å²) >= 11 is 0. The van der Waals surface area contributed by atoms with Crippen molar-refractivity contribution in [3.8, 4) is 0 Å². The smallest absolute Gasteiger partial charge is 0.244 e. The Hall–Kier alpha value is -1.43. The summed E-state index contributed by atoms with van der Waals surface area (Å²) in [4.78, 5) is 16.6. The summed E-state index contributed by atoms with van der Waals surface area (Å²) in [7, 11) is 5.17. The van der Waals surface area contributed by atoms with Crippen molar-refractivity contribution >= 4 is 11.6 Å². The predicted octanol–water partition coefficient (Wildman–Crippen LogP) is 1.73. The number of piperidine rings is 1. The molecule has 5 nitrogen and oxygen atoms in total. The second-order valence-corrected chi connectivity index (χ2v) is 5.32. The minimum absolute atomic E-state index is 0.119. The number of hydrogen-bond donors (Lipinski definition) is 0. The Morgan fingerprint density at radius 2 is 1.95 bits per heavy atom. The molecule has 116 valence electrons. The largest absolute Gasteiger partial charge is 0.355 e. The molecule has 0 spiro atoms. The van der Waals surface area contributed by atoms with Crippen LogP contribution in [0.25, 0.3) is 0 Å². The number of para-hydroxylation sites is 1. The van der Waals surface area contributed by atoms with E-state index < -0.39 is 0 Å². The number of hydrogen-bond acceptors (Lipinski definition) is 4. The molecular formula is C16H24N2O3. The summed E-state index contributed by atoms with van der Waals surface area (Å²) in [6.07, 6.45) is 1.56. The number of ether oxygens (including phenoxy) is 2. The lowest BCUT2D eigenvalue weighted by Crippen LogP contribution is -2.53. The van der Waals surface area contributed by atoms with Crippen LogP contribution in [0.3, 0.4) is 0 Å². The normalized spacial score (nSPS) is 19.6. The molecule has 0 aliphatic carbocycles. The van der Waals surface area contributed by atoms with E-state index in [0.29, 0.717) is 6.54 Å². The number of nitrogens with zero attached hydrogens (tertiary/aromatic N) is 2. The predicted molar refractivity (Wildman–Crippen MR) is 82.3 cm³/mol. The highest BCUT2D eigenvalue weighted by Crippen LogP contribution is 2.23. The molecule has 0 bridgehead atoms. The molecule has 0 N–H and O–H groups in total. The van der Waals surface area contributed by atoms with Crippen LogP contribution in [-0.2, 0) is 14.3 Å². The number of likely N-dealkylation sites (N-methyl/N-ethyl adjacent to an activating group) is 1. The van der Waals surface area contributed by atoms with Crippen LogP contribution in [0.2, 0.25) is 0 Å². The van der Waals surface area contributed by atoms with Crippen LogP contribution in [0.15, 0.2) is 30.3 Å². The second kappa shape index (κ2) is 7.54. The zero-order valence-corrected chi connectivity index (χ0v) is 13.0. The topological polar surface area (TPSA) is 42.0 Å². The first-order chi connectivity index (χ1) is 10.2. The molecule has 1 aliphatic heterocycles. The lowest BCUT2D eigenvalue weighted by molar-refractivity contribution is -0.133. The highest BCUT2D eigenvalue weighted by molar-refractivity contribution is 5.97. The molecule has 1 fully saturated rings. The fraction of sp³-hybridized carbons (Fsp3) is 0.562. The average molecular weight is 292 g/mol. The number of benzene rings is 1. The molecule has 1 aromatic rings. The van der Waals surface area contributed by atoms with Gasteiger partial charge in [0.05, 0.1) is 6.04 Å². The third kappa shape index (κ3) is 3.81. The van der Waals surface area contributed by atoms with Gasteiger partial charge in [-0.2, -0.15) is 0 Å². The van der Waals surface area contributed by atoms with Gasteiger partial charge in [-0.15, -0.1) is 0 Å². The maximum Gasteiger partial charge on any atom is 0.244 e. The first kappa shape index (κ1) is 15.9. The van der Waals surface area contributed by atoms with E-state index >= 15 is 0 Å². The molecule has 1 aliphatic rings. The summed E-state index contributed by atoms with van der Waals surface area (Å²) in [6.45, 7) is 1.36. The molecule has 1 amide bonds. The molecule has 2 rings (SSSR count). The lowest BCUT2D eigenvalue weighted by Gasteiger charge is -2.37. The van der Waals surface area contributed by atoms with Gasteiger partial charge in [-0.25, -0.2) is 0 Å². The van der Waals surface area contributed by atoms with Crippen LogP contribution in [-0.4, -0.2) is 57.5 Å². The highest BCUT2D eigenvalue weighted by atomic mass is 16.7. The number of anilines is 1. The highest BCUT2D eigenvalue weighted by Gasteiger charge is 2.33. The minimum atomic E-state index is -0.310. The molecule has 0 aromatic heterocycles. The summed E-state index contributed by atoms with van der Waals surface area (Å²) < 4.78 is 10.4. The van der Waals surface area contributed by atoms with Gasteiger partial charge in [0.15, 0.2) is 6.29 Å². The molecular weight excluding hydrogens is 268 g/mol. The van der Waals surface area contributed by atoms with E-state index in [1.807, 2.05) is 47.2 Å². The van der Waals surface area contributed by atoms with E-state index in [1.165, 1.54) is 0 Å². The molecule has 1 atom stereocenters. The Balaban J connectivity index is 2.06. The maximum absolute atomic E-state index is 12.7. The van der Waals surface area contributed by atoms with E-state index in [-0.39, 0.29) is 18.2 Å². The number of carbonyl (C=O) groups is 1. The molecule has 0 saturated carbocycles. The van der Waals surface area contributed by atoms with Crippen LogP contribution in [0, 0.1) is 0 Å². The van der Waals surface area contributed by atoms with Gasteiger partial charge in [0.2, 0.25) is 5.91 Å². The molecule has 1 aromatic carbocycles. The minimum Gasteiger partial charge on any atom is -0.355 e. The fourth-order valence-electron chi connectivity index (χ4n) is 2.74. The van der Waals surface area contributed by atoms with Gasteiger partial charge < -0.3 is 14.4 Å². The number of rotatable bonds is 6. The van der Waals surface area contributed by atoms with Crippen molar-refractivity contribution in [2.24, 2.45) is 0 Å². The summed E-state index contributed by atoms with van der Waals surface area (Å²) in [5, 5.41) is 0. The Labute approximate surface area is 126 Å². The van der Waals surface area contributed by atoms with Gasteiger partial charge in [0.1, 0.15) is 0 Å². The zero-order valence-electron chi connectivity index (χ0n) is 13.0. The van der Waals surface area contributed by atoms with Crippen LogP contribution in [0.4, 0.5) is 5.69 Å². The molecule has 21 heavy (non-hydrogen) atoms. The summed E-state index contributed by atoms with van der Waals surface area (Å²) in [5.74, 6) is 0.154. The Kier molecular flexibility index (Phi) is 5.73. The van der Waals surface area contributed by atoms with Crippen molar-refractivity contribution in [2.75, 3.05) is 39.3 Å². The second-order valence-electron chi connectivity index (χ2n) is 5.32. The van der Waals surface area contributed by atoms with E-state index in [2.05, 4.69) is 0 Å². The molecule has 1 saturated heterocycles. The van der Waals surface area contributed by atoms with Crippen LogP contribution in [0.1, 0.15) is 12.8 Å². The van der Waals surface area contributed by atoms with Crippen molar-refractivity contribution in [1.29, 1.82) is 0 Å². The molecule has 0 radical (unpaired) electrons. The van der Waals surface area contributed by atoms with E-state index in [0.717, 1.165) is 25.1 Å². The van der Waals surface area contributed by atoms with Crippen molar-refractivity contribution in [2.45, 2.75) is 25.2 Å². The Morgan fingerprint density at radius 1 is 1.29 bits per heavy atom. The van der Waals surface area contributed by atoms with Gasteiger partial charge in [-0.05, 0) is 32.0 Å². The number of methoxy groups -OCH3 is 2. The standard InChI is InChI=1S/C16H24N2O3/c1-17(12-15(20-2)21-3)14-10-7-11-18(16(14)19)13-8-5-4-6-9-13/h4-6,8-9,14-15H,7,10-12H2,1-3H3. The van der Waals surface area contributed by atoms with Gasteiger partial charge >= 0.3 is 0 Å². The number of carbonyl (C=O) groups excluding carboxylic acids is 1. The summed E-state index contributed by atoms with van der Waals surface area (Å²) in [5.41, 5.74) is 0.968. The first-order valence-electron chi connectivity index (χ1n) is 7.29. The average Bonchev–Trinajstić information content (AvgIpc) is 2.53. The fourth-order valence-corrected chi connectivity index (χ4v) is 2.74. The van der Waals surface area contributed by atoms with E-state index in [9.17, 15) is 4.79 Å². The summed E-state index contributed by atoms with van der Waals surface area (Å²) in [6, 6.07) is 9.72. The quantitative estimate of drug-likeness (QED) is 0.749. The van der Waals surface area contributed by atoms with Crippen LogP contribution < -0.4 is 4.90 Å². The first-order valence-corrected chi connectivity index (χ1v) is 7.29. The third-order valence-corrected chi connectivity index (χ3v) is 3.97. The van der Waals surface area contributed by atoms with E-state index in [1.54, 1.807) is 14.2 Å². The lowest BCUT2D eigenvalue weighted by atomic mass is 10.0. The van der Waals surface area contributed by atoms with Gasteiger partial charge in [0, 0.05) is 33.0 Å². The van der Waals surface area contributed by atoms with Gasteiger partial charge in [0.25, 0.3) is 0 Å². The molecule has 1 heterocycles. The number of amides is 1. The van der Waals surface area contributed by atoms with Crippen LogP contribution >= 0.6 is 0 Å². The van der Waals surface area contributed by atoms with Crippen LogP contribution in [0.5, 0.6) is 0 Å². The molecule has 1 unspecified atom stereocenters. The van der Waals surface area contributed by atoms with Gasteiger partial charge in [-0.3, -0.25) is 9.69 Å². The maximum atomic E-state index is 12.7. The third-order valence-electron chi connectivity index (χ3n) is 3.97. The van der Waals surface area contributed by atoms with Crippen molar-refractivity contribution in [1.82, 2.24) is 4.90 Å². The molecule has 5 heteroatoms. The van der Waals surface area contributed by atoms with Crippen molar-refractivity contribution in [3.05, 3.63) is 30.3 Å².